The number of aromatic amines is 1. The van der Waals surface area contributed by atoms with E-state index in [9.17, 15) is 4.79 Å². The van der Waals surface area contributed by atoms with Crippen molar-refractivity contribution in [2.24, 2.45) is 0 Å². The molecule has 4 nitrogen and oxygen atoms in total. The highest BCUT2D eigenvalue weighted by Gasteiger charge is 2.02. The zero-order chi connectivity index (χ0) is 10.7. The van der Waals surface area contributed by atoms with Gasteiger partial charge in [-0.2, -0.15) is 5.10 Å². The molecule has 0 radical (unpaired) electrons. The molecule has 0 aliphatic carbocycles. The maximum absolute atomic E-state index is 10.5. The molecule has 15 heavy (non-hydrogen) atoms. The zero-order valence-corrected chi connectivity index (χ0v) is 8.23. The highest BCUT2D eigenvalue weighted by atomic mass is 16.5. The number of hydrogen-bond donors (Lipinski definition) is 1. The Morgan fingerprint density at radius 3 is 2.60 bits per heavy atom. The van der Waals surface area contributed by atoms with Gasteiger partial charge >= 0.3 is 0 Å². The minimum absolute atomic E-state index is 0.473. The van der Waals surface area contributed by atoms with Crippen LogP contribution in [-0.2, 0) is 0 Å². The van der Waals surface area contributed by atoms with Crippen molar-refractivity contribution in [3.63, 3.8) is 0 Å². The Balaban J connectivity index is 2.32. The van der Waals surface area contributed by atoms with Gasteiger partial charge in [0.2, 0.25) is 0 Å². The molecule has 2 aromatic rings. The Hall–Kier alpha value is -2.10. The highest BCUT2D eigenvalue weighted by Crippen LogP contribution is 2.20. The predicted molar refractivity (Wildman–Crippen MR) is 56.0 cm³/mol. The van der Waals surface area contributed by atoms with E-state index < -0.39 is 0 Å². The summed E-state index contributed by atoms with van der Waals surface area (Å²) in [7, 11) is 1.62. The van der Waals surface area contributed by atoms with Gasteiger partial charge in [0.05, 0.1) is 18.5 Å². The van der Waals surface area contributed by atoms with Crippen LogP contribution in [0.2, 0.25) is 0 Å². The van der Waals surface area contributed by atoms with Crippen LogP contribution in [0.25, 0.3) is 11.3 Å². The van der Waals surface area contributed by atoms with Crippen LogP contribution in [0.5, 0.6) is 5.75 Å². The molecule has 4 heteroatoms. The fourth-order valence-corrected chi connectivity index (χ4v) is 1.31. The van der Waals surface area contributed by atoms with E-state index in [2.05, 4.69) is 10.2 Å². The molecule has 0 saturated heterocycles. The van der Waals surface area contributed by atoms with E-state index >= 15 is 0 Å². The first-order valence-corrected chi connectivity index (χ1v) is 4.48. The Bertz CT molecular complexity index is 460. The Labute approximate surface area is 86.9 Å². The van der Waals surface area contributed by atoms with Crippen LogP contribution in [0.1, 0.15) is 10.5 Å². The van der Waals surface area contributed by atoms with Gasteiger partial charge in [-0.3, -0.25) is 9.89 Å². The summed E-state index contributed by atoms with van der Waals surface area (Å²) in [6.07, 6.45) is 0.736. The molecular formula is C11H10N2O2. The summed E-state index contributed by atoms with van der Waals surface area (Å²) in [5.41, 5.74) is 2.17. The molecule has 0 spiro atoms. The van der Waals surface area contributed by atoms with Gasteiger partial charge in [0.1, 0.15) is 5.75 Å². The second-order valence-corrected chi connectivity index (χ2v) is 3.05. The summed E-state index contributed by atoms with van der Waals surface area (Å²) >= 11 is 0. The fourth-order valence-electron chi connectivity index (χ4n) is 1.31. The Morgan fingerprint density at radius 1 is 1.33 bits per heavy atom. The van der Waals surface area contributed by atoms with Crippen LogP contribution in [0.3, 0.4) is 0 Å². The lowest BCUT2D eigenvalue weighted by atomic mass is 10.1. The third-order valence-electron chi connectivity index (χ3n) is 2.11. The lowest BCUT2D eigenvalue weighted by Gasteiger charge is -1.99. The van der Waals surface area contributed by atoms with E-state index in [0.29, 0.717) is 5.69 Å². The first-order chi connectivity index (χ1) is 7.33. The smallest absolute Gasteiger partial charge is 0.167 e. The van der Waals surface area contributed by atoms with Crippen LogP contribution in [0.15, 0.2) is 30.3 Å². The zero-order valence-electron chi connectivity index (χ0n) is 8.23. The number of methoxy groups -OCH3 is 1. The minimum Gasteiger partial charge on any atom is -0.497 e. The first-order valence-electron chi connectivity index (χ1n) is 4.48. The molecule has 1 N–H and O–H groups in total. The normalized spacial score (nSPS) is 9.93. The number of benzene rings is 1. The van der Waals surface area contributed by atoms with Gasteiger partial charge in [0.15, 0.2) is 6.29 Å². The molecule has 0 aliphatic rings. The molecule has 0 aliphatic heterocycles. The Kier molecular flexibility index (Phi) is 2.49. The average Bonchev–Trinajstić information content (AvgIpc) is 2.78. The van der Waals surface area contributed by atoms with Gasteiger partial charge in [-0.1, -0.05) is 0 Å². The quantitative estimate of drug-likeness (QED) is 0.773. The molecule has 0 amide bonds. The van der Waals surface area contributed by atoms with E-state index in [0.717, 1.165) is 23.3 Å². The predicted octanol–water partition coefficient (Wildman–Crippen LogP) is 1.90. The maximum Gasteiger partial charge on any atom is 0.167 e. The molecule has 1 aromatic carbocycles. The monoisotopic (exact) mass is 202 g/mol. The molecule has 76 valence electrons. The van der Waals surface area contributed by atoms with Crippen molar-refractivity contribution in [2.45, 2.75) is 0 Å². The number of hydrogen-bond acceptors (Lipinski definition) is 3. The van der Waals surface area contributed by atoms with Crippen molar-refractivity contribution in [2.75, 3.05) is 7.11 Å². The molecule has 0 unspecified atom stereocenters. The van der Waals surface area contributed by atoms with E-state index in [1.54, 1.807) is 13.2 Å². The number of ether oxygens (including phenoxy) is 1. The largest absolute Gasteiger partial charge is 0.497 e. The number of aromatic nitrogens is 2. The van der Waals surface area contributed by atoms with Crippen molar-refractivity contribution < 1.29 is 9.53 Å². The van der Waals surface area contributed by atoms with Crippen LogP contribution in [0, 0.1) is 0 Å². The van der Waals surface area contributed by atoms with Gasteiger partial charge in [-0.05, 0) is 30.3 Å². The number of rotatable bonds is 3. The molecule has 1 aromatic heterocycles. The number of nitrogens with one attached hydrogen (secondary N) is 1. The topological polar surface area (TPSA) is 55.0 Å². The molecule has 1 heterocycles. The summed E-state index contributed by atoms with van der Waals surface area (Å²) in [6, 6.07) is 9.19. The fraction of sp³-hybridized carbons (Fsp3) is 0.0909. The average molecular weight is 202 g/mol. The second-order valence-electron chi connectivity index (χ2n) is 3.05. The second kappa shape index (κ2) is 3.96. The molecule has 0 bridgehead atoms. The van der Waals surface area contributed by atoms with Gasteiger partial charge in [-0.15, -0.1) is 0 Å². The third-order valence-corrected chi connectivity index (χ3v) is 2.11. The van der Waals surface area contributed by atoms with Crippen molar-refractivity contribution >= 4 is 6.29 Å². The van der Waals surface area contributed by atoms with Gasteiger partial charge in [-0.25, -0.2) is 0 Å². The number of nitrogens with zero attached hydrogens (tertiary/aromatic N) is 1. The number of H-pyrrole nitrogens is 1. The third kappa shape index (κ3) is 1.88. The number of carbonyl (C=O) groups excluding carboxylic acids is 1. The summed E-state index contributed by atoms with van der Waals surface area (Å²) in [4.78, 5) is 10.5. The lowest BCUT2D eigenvalue weighted by Crippen LogP contribution is -1.82. The lowest BCUT2D eigenvalue weighted by molar-refractivity contribution is 0.111. The molecule has 2 rings (SSSR count). The SMILES string of the molecule is COc1ccc(-c2cc(C=O)[nH]n2)cc1. The summed E-state index contributed by atoms with van der Waals surface area (Å²) < 4.78 is 5.05. The minimum atomic E-state index is 0.473. The standard InChI is InChI=1S/C11H10N2O2/c1-15-10-4-2-8(3-5-10)11-6-9(7-14)12-13-11/h2-7H,1H3,(H,12,13). The summed E-state index contributed by atoms with van der Waals surface area (Å²) in [6.45, 7) is 0. The van der Waals surface area contributed by atoms with E-state index in [1.807, 2.05) is 24.3 Å². The van der Waals surface area contributed by atoms with Crippen LogP contribution < -0.4 is 4.74 Å². The van der Waals surface area contributed by atoms with Crippen molar-refractivity contribution in [3.05, 3.63) is 36.0 Å². The molecule has 0 fully saturated rings. The van der Waals surface area contributed by atoms with Crippen molar-refractivity contribution in [3.8, 4) is 17.0 Å². The first kappa shape index (κ1) is 9.45. The van der Waals surface area contributed by atoms with E-state index in [1.165, 1.54) is 0 Å². The molecule has 0 saturated carbocycles. The molecule has 0 atom stereocenters. The number of aldehydes is 1. The van der Waals surface area contributed by atoms with Crippen LogP contribution in [-0.4, -0.2) is 23.6 Å². The summed E-state index contributed by atoms with van der Waals surface area (Å²) in [5, 5.41) is 6.65. The van der Waals surface area contributed by atoms with E-state index in [-0.39, 0.29) is 0 Å². The van der Waals surface area contributed by atoms with Crippen LogP contribution in [0.4, 0.5) is 0 Å². The highest BCUT2D eigenvalue weighted by molar-refractivity contribution is 5.75. The summed E-state index contributed by atoms with van der Waals surface area (Å²) in [5.74, 6) is 0.796. The van der Waals surface area contributed by atoms with E-state index in [4.69, 9.17) is 4.74 Å². The Morgan fingerprint density at radius 2 is 2.07 bits per heavy atom. The van der Waals surface area contributed by atoms with Crippen molar-refractivity contribution in [1.29, 1.82) is 0 Å². The number of carbonyl (C=O) groups is 1. The maximum atomic E-state index is 10.5. The van der Waals surface area contributed by atoms with Crippen LogP contribution >= 0.6 is 0 Å². The van der Waals surface area contributed by atoms with Gasteiger partial charge < -0.3 is 4.74 Å². The van der Waals surface area contributed by atoms with Gasteiger partial charge in [0, 0.05) is 5.56 Å². The molecular weight excluding hydrogens is 192 g/mol. The van der Waals surface area contributed by atoms with Crippen molar-refractivity contribution in [1.82, 2.24) is 10.2 Å². The van der Waals surface area contributed by atoms with Gasteiger partial charge in [0.25, 0.3) is 0 Å².